The molecule has 4 N–H and O–H groups in total. The van der Waals surface area contributed by atoms with Gasteiger partial charge in [-0.15, -0.1) is 11.3 Å². The summed E-state index contributed by atoms with van der Waals surface area (Å²) in [7, 11) is 1.43. The summed E-state index contributed by atoms with van der Waals surface area (Å²) in [5.41, 5.74) is -1.01. The summed E-state index contributed by atoms with van der Waals surface area (Å²) in [6.45, 7) is 13.9. The van der Waals surface area contributed by atoms with Crippen molar-refractivity contribution in [1.29, 1.82) is 0 Å². The van der Waals surface area contributed by atoms with Crippen molar-refractivity contribution in [2.24, 2.45) is 23.2 Å². The number of aliphatic carboxylic acids is 1. The number of likely N-dealkylation sites (tertiary alicyclic amines) is 1. The van der Waals surface area contributed by atoms with Crippen LogP contribution < -0.4 is 25.4 Å². The van der Waals surface area contributed by atoms with Crippen LogP contribution in [0.3, 0.4) is 0 Å². The molecule has 3 aliphatic carbocycles. The number of ether oxygens (including phenoxy) is 3. The highest BCUT2D eigenvalue weighted by atomic mass is 35.5. The molecule has 3 aromatic rings. The van der Waals surface area contributed by atoms with Gasteiger partial charge in [-0.3, -0.25) is 19.4 Å². The molecular formula is C48H66ClF3N8O8S. The van der Waals surface area contributed by atoms with Crippen LogP contribution in [-0.2, 0) is 19.1 Å². The number of amides is 3. The second-order valence-electron chi connectivity index (χ2n) is 20.5. The number of thiazole rings is 1. The minimum absolute atomic E-state index is 0.0105. The van der Waals surface area contributed by atoms with Gasteiger partial charge < -0.3 is 40.2 Å². The summed E-state index contributed by atoms with van der Waals surface area (Å²) in [6.07, 6.45) is -2.51. The third-order valence-corrected chi connectivity index (χ3v) is 14.8. The van der Waals surface area contributed by atoms with Crippen LogP contribution in [0.25, 0.3) is 22.3 Å². The second-order valence-corrected chi connectivity index (χ2v) is 21.7. The Balaban J connectivity index is 1.16. The Kier molecular flexibility index (Phi) is 15.9. The lowest BCUT2D eigenvalue weighted by atomic mass is 9.85. The molecule has 3 amide bonds. The Morgan fingerprint density at radius 2 is 1.72 bits per heavy atom. The number of nitrogens with zero attached hydrogens (tertiary/aromatic N) is 5. The number of carbonyl (C=O) groups excluding carboxylic acids is 3. The van der Waals surface area contributed by atoms with E-state index < -0.39 is 65.7 Å². The van der Waals surface area contributed by atoms with Crippen LogP contribution in [0, 0.1) is 23.2 Å². The van der Waals surface area contributed by atoms with Crippen LogP contribution in [0.2, 0.25) is 5.02 Å². The maximum absolute atomic E-state index is 14.9. The minimum atomic E-state index is -4.29. The van der Waals surface area contributed by atoms with E-state index in [9.17, 15) is 37.5 Å². The maximum Gasteiger partial charge on any atom is 0.408 e. The standard InChI is InChI=1S/C48H66ClF3N8O8S/c1-9-29-22-47(29,43(63)64)57-41(61)35-20-31(23-60(35)42(62)40(46(5,6)7)56-45(65)68-30-18-27-17-28(27)19-30)67-37-21-33(34-24-69-44(55-34)53-26(3)4)54-39-32(37)11-12-36(38(39)49)66-16-15-59(10-2)14-13-58(8)25-48(50,51)52/h11-12,21,24,26-31,35,40H,9-10,13-20,22-23,25H2,1-8H3,(H,53,55)(H,56,65)(H,57,61)(H,63,64)/t27-,28?,29-,30+,31-,35+,40-,47?/m1/s1. The first-order valence-electron chi connectivity index (χ1n) is 23.9. The Labute approximate surface area is 410 Å². The van der Waals surface area contributed by atoms with E-state index in [1.54, 1.807) is 18.2 Å². The van der Waals surface area contributed by atoms with E-state index in [-0.39, 0.29) is 55.6 Å². The number of hydrogen-bond acceptors (Lipinski definition) is 13. The van der Waals surface area contributed by atoms with E-state index in [1.165, 1.54) is 28.2 Å². The maximum atomic E-state index is 14.9. The molecule has 21 heteroatoms. The minimum Gasteiger partial charge on any atom is -0.491 e. The molecule has 7 rings (SSSR count). The van der Waals surface area contributed by atoms with Gasteiger partial charge in [-0.25, -0.2) is 19.6 Å². The number of nitrogens with one attached hydrogen (secondary N) is 3. The van der Waals surface area contributed by atoms with Crippen molar-refractivity contribution in [3.05, 3.63) is 28.6 Å². The van der Waals surface area contributed by atoms with E-state index in [4.69, 9.17) is 35.8 Å². The number of likely N-dealkylation sites (N-methyl/N-ethyl adjacent to an activating group) is 2. The summed E-state index contributed by atoms with van der Waals surface area (Å²) in [5.74, 6) is -0.807. The van der Waals surface area contributed by atoms with Gasteiger partial charge in [0.2, 0.25) is 11.8 Å². The average molecular weight is 1010 g/mol. The molecule has 0 spiro atoms. The Bertz CT molecular complexity index is 2360. The Morgan fingerprint density at radius 1 is 1.00 bits per heavy atom. The fraction of sp³-hybridized carbons (Fsp3) is 0.667. The second kappa shape index (κ2) is 21.0. The predicted molar refractivity (Wildman–Crippen MR) is 257 cm³/mol. The lowest BCUT2D eigenvalue weighted by Gasteiger charge is -2.35. The average Bonchev–Trinajstić information content (AvgIpc) is 3.93. The summed E-state index contributed by atoms with van der Waals surface area (Å²) in [4.78, 5) is 69.5. The first-order valence-corrected chi connectivity index (χ1v) is 25.2. The van der Waals surface area contributed by atoms with Crippen molar-refractivity contribution >= 4 is 62.8 Å². The van der Waals surface area contributed by atoms with E-state index >= 15 is 0 Å². The quantitative estimate of drug-likeness (QED) is 0.0815. The van der Waals surface area contributed by atoms with Gasteiger partial charge in [0.1, 0.15) is 58.7 Å². The first kappa shape index (κ1) is 52.2. The third-order valence-electron chi connectivity index (χ3n) is 13.7. The van der Waals surface area contributed by atoms with Gasteiger partial charge in [-0.2, -0.15) is 13.2 Å². The zero-order chi connectivity index (χ0) is 50.2. The highest BCUT2D eigenvalue weighted by Crippen LogP contribution is 2.52. The number of rotatable bonds is 21. The molecule has 0 bridgehead atoms. The number of benzene rings is 1. The molecule has 3 saturated carbocycles. The molecule has 4 aliphatic rings. The van der Waals surface area contributed by atoms with Crippen molar-refractivity contribution in [3.8, 4) is 22.9 Å². The van der Waals surface area contributed by atoms with E-state index in [2.05, 4.69) is 16.0 Å². The van der Waals surface area contributed by atoms with Crippen LogP contribution in [-0.4, -0.2) is 149 Å². The van der Waals surface area contributed by atoms with Crippen LogP contribution in [0.4, 0.5) is 23.1 Å². The number of pyridine rings is 1. The number of hydrogen-bond donors (Lipinski definition) is 4. The Hall–Kier alpha value is -4.66. The van der Waals surface area contributed by atoms with E-state index in [0.29, 0.717) is 76.8 Å². The van der Waals surface area contributed by atoms with Crippen LogP contribution in [0.1, 0.15) is 87.0 Å². The molecule has 2 aromatic heterocycles. The number of carboxylic acid groups (broad SMARTS) is 1. The largest absolute Gasteiger partial charge is 0.491 e. The Morgan fingerprint density at radius 3 is 2.35 bits per heavy atom. The fourth-order valence-corrected chi connectivity index (χ4v) is 10.8. The van der Waals surface area contributed by atoms with Crippen LogP contribution in [0.5, 0.6) is 11.5 Å². The van der Waals surface area contributed by atoms with E-state index in [0.717, 1.165) is 19.3 Å². The lowest BCUT2D eigenvalue weighted by molar-refractivity contribution is -0.146. The number of alkyl halides is 3. The highest BCUT2D eigenvalue weighted by Gasteiger charge is 2.61. The third kappa shape index (κ3) is 12.6. The normalized spacial score (nSPS) is 24.7. The number of aromatic nitrogens is 2. The topological polar surface area (TPSA) is 188 Å². The van der Waals surface area contributed by atoms with Gasteiger partial charge in [-0.05, 0) is 88.4 Å². The molecule has 1 saturated heterocycles. The molecule has 8 atom stereocenters. The molecule has 380 valence electrons. The number of alkyl carbamates (subject to hydrolysis) is 1. The summed E-state index contributed by atoms with van der Waals surface area (Å²) < 4.78 is 57.5. The van der Waals surface area contributed by atoms with Gasteiger partial charge >= 0.3 is 18.2 Å². The summed E-state index contributed by atoms with van der Waals surface area (Å²) in [6, 6.07) is 2.98. The molecule has 0 radical (unpaired) electrons. The monoisotopic (exact) mass is 1010 g/mol. The molecule has 4 fully saturated rings. The van der Waals surface area contributed by atoms with Gasteiger partial charge in [0.05, 0.1) is 24.3 Å². The zero-order valence-corrected chi connectivity index (χ0v) is 42.2. The van der Waals surface area contributed by atoms with Gasteiger partial charge in [-0.1, -0.05) is 52.6 Å². The molecular weight excluding hydrogens is 941 g/mol. The SMILES string of the molecule is CC[C@@H]1CC1(NC(=O)[C@@H]1C[C@@H](Oc2cc(-c3csc(NC(C)C)n3)nc3c(Cl)c(OCCN(CC)CCN(C)CC(F)(F)F)ccc23)CN1C(=O)[C@@H](NC(=O)O[C@@H]1CC2C[C@@H]2C1)C(C)(C)C)C(=O)O. The molecule has 69 heavy (non-hydrogen) atoms. The molecule has 3 heterocycles. The number of carboxylic acids is 1. The molecule has 16 nitrogen and oxygen atoms in total. The number of halogens is 4. The molecule has 1 aromatic carbocycles. The van der Waals surface area contributed by atoms with Crippen molar-refractivity contribution in [1.82, 2.24) is 35.3 Å². The van der Waals surface area contributed by atoms with Gasteiger partial charge in [0, 0.05) is 48.9 Å². The van der Waals surface area contributed by atoms with Crippen molar-refractivity contribution < 1.29 is 51.7 Å². The summed E-state index contributed by atoms with van der Waals surface area (Å²) >= 11 is 8.50. The van der Waals surface area contributed by atoms with Crippen molar-refractivity contribution in [2.45, 2.75) is 129 Å². The van der Waals surface area contributed by atoms with Crippen molar-refractivity contribution in [3.63, 3.8) is 0 Å². The van der Waals surface area contributed by atoms with E-state index in [1.807, 2.05) is 58.7 Å². The van der Waals surface area contributed by atoms with Crippen LogP contribution in [0.15, 0.2) is 23.6 Å². The lowest BCUT2D eigenvalue weighted by Crippen LogP contribution is -2.59. The number of carbonyl (C=O) groups is 4. The predicted octanol–water partition coefficient (Wildman–Crippen LogP) is 7.68. The van der Waals surface area contributed by atoms with Crippen molar-refractivity contribution in [2.75, 3.05) is 58.2 Å². The van der Waals surface area contributed by atoms with Gasteiger partial charge in [0.25, 0.3) is 0 Å². The summed E-state index contributed by atoms with van der Waals surface area (Å²) in [5, 5.41) is 22.4. The smallest absolute Gasteiger partial charge is 0.408 e. The fourth-order valence-electron chi connectivity index (χ4n) is 9.69. The number of fused-ring (bicyclic) bond motifs is 2. The first-order chi connectivity index (χ1) is 32.5. The molecule has 1 aliphatic heterocycles. The van der Waals surface area contributed by atoms with Crippen LogP contribution >= 0.6 is 22.9 Å². The highest BCUT2D eigenvalue weighted by molar-refractivity contribution is 7.14. The number of anilines is 1. The molecule has 2 unspecified atom stereocenters. The zero-order valence-electron chi connectivity index (χ0n) is 40.6. The van der Waals surface area contributed by atoms with Gasteiger partial charge in [0.15, 0.2) is 5.13 Å².